The van der Waals surface area contributed by atoms with E-state index in [1.54, 1.807) is 18.2 Å². The van der Waals surface area contributed by atoms with Crippen LogP contribution >= 0.6 is 11.6 Å². The fourth-order valence-electron chi connectivity index (χ4n) is 3.09. The molecule has 2 amide bonds. The van der Waals surface area contributed by atoms with Gasteiger partial charge in [0.05, 0.1) is 25.3 Å². The number of guanidine groups is 1. The molecule has 1 unspecified atom stereocenters. The van der Waals surface area contributed by atoms with Crippen LogP contribution in [0.3, 0.4) is 0 Å². The Morgan fingerprint density at radius 2 is 2.11 bits per heavy atom. The van der Waals surface area contributed by atoms with Crippen molar-refractivity contribution in [2.45, 2.75) is 6.42 Å². The topological polar surface area (TPSA) is 86.3 Å². The monoisotopic (exact) mass is 393 g/mol. The zero-order valence-corrected chi connectivity index (χ0v) is 16.3. The standard InChI is InChI=1S/C18H24ClN5O3/c1-23-5-7-24(8-6-23)18-20-11-12(17(26)22-18)9-16(25)21-14-10-13(19)3-4-15(14)27-2/h3-4,10,12H,5-9,11H2,1-2H3,(H,21,25)(H,20,22,26). The van der Waals surface area contributed by atoms with Crippen molar-refractivity contribution in [1.82, 2.24) is 15.1 Å². The SMILES string of the molecule is COc1ccc(Cl)cc1NC(=O)CC1CN=C(N2CCN(C)CC2)NC1=O. The number of piperazine rings is 1. The summed E-state index contributed by atoms with van der Waals surface area (Å²) in [7, 11) is 3.59. The Bertz CT molecular complexity index is 747. The molecule has 1 atom stereocenters. The molecule has 2 heterocycles. The quantitative estimate of drug-likeness (QED) is 0.797. The van der Waals surface area contributed by atoms with E-state index in [0.29, 0.717) is 29.0 Å². The van der Waals surface area contributed by atoms with Gasteiger partial charge in [0, 0.05) is 37.6 Å². The van der Waals surface area contributed by atoms with Gasteiger partial charge in [-0.1, -0.05) is 11.6 Å². The van der Waals surface area contributed by atoms with Crippen LogP contribution in [0.25, 0.3) is 0 Å². The highest BCUT2D eigenvalue weighted by molar-refractivity contribution is 6.31. The van der Waals surface area contributed by atoms with Gasteiger partial charge in [0.2, 0.25) is 17.8 Å². The minimum atomic E-state index is -0.494. The molecule has 9 heteroatoms. The Morgan fingerprint density at radius 3 is 2.78 bits per heavy atom. The van der Waals surface area contributed by atoms with Crippen molar-refractivity contribution in [2.24, 2.45) is 10.9 Å². The lowest BCUT2D eigenvalue weighted by molar-refractivity contribution is -0.127. The maximum Gasteiger partial charge on any atom is 0.232 e. The average Bonchev–Trinajstić information content (AvgIpc) is 2.64. The number of carbonyl (C=O) groups is 2. The summed E-state index contributed by atoms with van der Waals surface area (Å²) < 4.78 is 5.22. The third-order valence-corrected chi connectivity index (χ3v) is 4.97. The van der Waals surface area contributed by atoms with Crippen LogP contribution in [0.4, 0.5) is 5.69 Å². The van der Waals surface area contributed by atoms with Crippen LogP contribution in [0.5, 0.6) is 5.75 Å². The van der Waals surface area contributed by atoms with E-state index in [4.69, 9.17) is 16.3 Å². The van der Waals surface area contributed by atoms with E-state index >= 15 is 0 Å². The predicted molar refractivity (Wildman–Crippen MR) is 104 cm³/mol. The first-order chi connectivity index (χ1) is 13.0. The van der Waals surface area contributed by atoms with E-state index in [0.717, 1.165) is 26.2 Å². The largest absolute Gasteiger partial charge is 0.495 e. The van der Waals surface area contributed by atoms with Crippen molar-refractivity contribution in [1.29, 1.82) is 0 Å². The molecular weight excluding hydrogens is 370 g/mol. The highest BCUT2D eigenvalue weighted by atomic mass is 35.5. The summed E-state index contributed by atoms with van der Waals surface area (Å²) in [6, 6.07) is 4.97. The summed E-state index contributed by atoms with van der Waals surface area (Å²) in [5.41, 5.74) is 0.479. The van der Waals surface area contributed by atoms with E-state index < -0.39 is 5.92 Å². The fourth-order valence-corrected chi connectivity index (χ4v) is 3.26. The zero-order valence-electron chi connectivity index (χ0n) is 15.5. The molecule has 0 bridgehead atoms. The fraction of sp³-hybridized carbons (Fsp3) is 0.500. The van der Waals surface area contributed by atoms with Crippen LogP contribution in [0.2, 0.25) is 5.02 Å². The molecule has 0 aliphatic carbocycles. The van der Waals surface area contributed by atoms with Gasteiger partial charge in [0.1, 0.15) is 5.75 Å². The molecular formula is C18H24ClN5O3. The normalized spacial score (nSPS) is 20.7. The number of rotatable bonds is 4. The molecule has 2 aliphatic heterocycles. The van der Waals surface area contributed by atoms with Crippen LogP contribution in [0, 0.1) is 5.92 Å². The van der Waals surface area contributed by atoms with Gasteiger partial charge in [-0.05, 0) is 25.2 Å². The summed E-state index contributed by atoms with van der Waals surface area (Å²) in [5.74, 6) is 0.171. The number of amides is 2. The Kier molecular flexibility index (Phi) is 6.18. The lowest BCUT2D eigenvalue weighted by atomic mass is 10.0. The van der Waals surface area contributed by atoms with Gasteiger partial charge in [-0.25, -0.2) is 0 Å². The van der Waals surface area contributed by atoms with E-state index in [1.165, 1.54) is 7.11 Å². The van der Waals surface area contributed by atoms with E-state index in [1.807, 2.05) is 0 Å². The Labute approximate surface area is 163 Å². The van der Waals surface area contributed by atoms with Gasteiger partial charge in [-0.2, -0.15) is 0 Å². The van der Waals surface area contributed by atoms with Gasteiger partial charge < -0.3 is 19.9 Å². The number of halogens is 1. The van der Waals surface area contributed by atoms with Crippen molar-refractivity contribution >= 4 is 35.1 Å². The van der Waals surface area contributed by atoms with Gasteiger partial charge in [0.15, 0.2) is 0 Å². The third-order valence-electron chi connectivity index (χ3n) is 4.74. The molecule has 1 fully saturated rings. The lowest BCUT2D eigenvalue weighted by Crippen LogP contribution is -2.55. The minimum Gasteiger partial charge on any atom is -0.495 e. The summed E-state index contributed by atoms with van der Waals surface area (Å²) in [4.78, 5) is 33.6. The molecule has 0 saturated carbocycles. The van der Waals surface area contributed by atoms with Gasteiger partial charge in [-0.3, -0.25) is 19.9 Å². The number of likely N-dealkylation sites (N-methyl/N-ethyl adjacent to an activating group) is 1. The lowest BCUT2D eigenvalue weighted by Gasteiger charge is -2.36. The molecule has 3 rings (SSSR count). The average molecular weight is 394 g/mol. The highest BCUT2D eigenvalue weighted by Gasteiger charge is 2.29. The van der Waals surface area contributed by atoms with Crippen molar-refractivity contribution < 1.29 is 14.3 Å². The number of anilines is 1. The second-order valence-corrected chi connectivity index (χ2v) is 7.17. The van der Waals surface area contributed by atoms with Gasteiger partial charge in [-0.15, -0.1) is 0 Å². The zero-order chi connectivity index (χ0) is 19.4. The van der Waals surface area contributed by atoms with E-state index in [2.05, 4.69) is 32.5 Å². The van der Waals surface area contributed by atoms with Crippen LogP contribution < -0.4 is 15.4 Å². The number of methoxy groups -OCH3 is 1. The molecule has 1 aromatic carbocycles. The number of ether oxygens (including phenoxy) is 1. The number of carbonyl (C=O) groups excluding carboxylic acids is 2. The molecule has 1 aromatic rings. The number of aliphatic imine (C=N–C) groups is 1. The molecule has 2 aliphatic rings. The Balaban J connectivity index is 1.58. The maximum atomic E-state index is 12.4. The number of benzene rings is 1. The highest BCUT2D eigenvalue weighted by Crippen LogP contribution is 2.28. The van der Waals surface area contributed by atoms with Crippen molar-refractivity contribution in [3.05, 3.63) is 23.2 Å². The molecule has 1 saturated heterocycles. The minimum absolute atomic E-state index is 0.0427. The molecule has 0 aromatic heterocycles. The van der Waals surface area contributed by atoms with E-state index in [9.17, 15) is 9.59 Å². The van der Waals surface area contributed by atoms with Crippen molar-refractivity contribution in [2.75, 3.05) is 52.2 Å². The Morgan fingerprint density at radius 1 is 1.37 bits per heavy atom. The van der Waals surface area contributed by atoms with Gasteiger partial charge >= 0.3 is 0 Å². The predicted octanol–water partition coefficient (Wildman–Crippen LogP) is 1.03. The summed E-state index contributed by atoms with van der Waals surface area (Å²) in [6.07, 6.45) is 0.0427. The summed E-state index contributed by atoms with van der Waals surface area (Å²) in [6.45, 7) is 3.82. The summed E-state index contributed by atoms with van der Waals surface area (Å²) >= 11 is 5.97. The summed E-state index contributed by atoms with van der Waals surface area (Å²) in [5, 5.41) is 6.09. The molecule has 27 heavy (non-hydrogen) atoms. The van der Waals surface area contributed by atoms with Crippen LogP contribution in [-0.2, 0) is 9.59 Å². The van der Waals surface area contributed by atoms with E-state index in [-0.39, 0.29) is 18.2 Å². The Hall–Kier alpha value is -2.32. The first-order valence-corrected chi connectivity index (χ1v) is 9.26. The molecule has 0 radical (unpaired) electrons. The van der Waals surface area contributed by atoms with Crippen molar-refractivity contribution in [3.63, 3.8) is 0 Å². The molecule has 2 N–H and O–H groups in total. The smallest absolute Gasteiger partial charge is 0.232 e. The second-order valence-electron chi connectivity index (χ2n) is 6.74. The number of hydrogen-bond donors (Lipinski definition) is 2. The number of hydrogen-bond acceptors (Lipinski definition) is 6. The van der Waals surface area contributed by atoms with Crippen LogP contribution in [-0.4, -0.2) is 74.5 Å². The first-order valence-electron chi connectivity index (χ1n) is 8.88. The second kappa shape index (κ2) is 8.58. The van der Waals surface area contributed by atoms with Crippen molar-refractivity contribution in [3.8, 4) is 5.75 Å². The van der Waals surface area contributed by atoms with Crippen LogP contribution in [0.15, 0.2) is 23.2 Å². The maximum absolute atomic E-state index is 12.4. The first kappa shape index (κ1) is 19.4. The van der Waals surface area contributed by atoms with Crippen LogP contribution in [0.1, 0.15) is 6.42 Å². The molecule has 146 valence electrons. The number of nitrogens with zero attached hydrogens (tertiary/aromatic N) is 3. The molecule has 0 spiro atoms. The number of nitrogens with one attached hydrogen (secondary N) is 2. The molecule has 8 nitrogen and oxygen atoms in total. The van der Waals surface area contributed by atoms with Gasteiger partial charge in [0.25, 0.3) is 0 Å². The third kappa shape index (κ3) is 4.90.